The van der Waals surface area contributed by atoms with Crippen molar-refractivity contribution < 1.29 is 9.53 Å². The summed E-state index contributed by atoms with van der Waals surface area (Å²) in [6.07, 6.45) is 0. The molecule has 1 aromatic rings. The van der Waals surface area contributed by atoms with Crippen molar-refractivity contribution in [1.29, 1.82) is 0 Å². The van der Waals surface area contributed by atoms with Crippen LogP contribution in [-0.2, 0) is 4.79 Å². The number of nitrogens with one attached hydrogen (secondary N) is 2. The number of hydrogen-bond acceptors (Lipinski definition) is 5. The van der Waals surface area contributed by atoms with Crippen molar-refractivity contribution in [3.8, 4) is 5.75 Å². The second kappa shape index (κ2) is 5.64. The van der Waals surface area contributed by atoms with Crippen molar-refractivity contribution in [2.75, 3.05) is 17.7 Å². The smallest absolute Gasteiger partial charge is 0.262 e. The number of benzene rings is 1. The third-order valence-electron chi connectivity index (χ3n) is 3.01. The van der Waals surface area contributed by atoms with Crippen LogP contribution in [0, 0.1) is 0 Å². The molecule has 2 aliphatic heterocycles. The Bertz CT molecular complexity index is 677. The average molecular weight is 318 g/mol. The van der Waals surface area contributed by atoms with E-state index in [0.29, 0.717) is 11.4 Å². The number of ether oxygens (including phenoxy) is 1. The molecule has 6 nitrogen and oxygen atoms in total. The number of thioether (sulfide) groups is 1. The standard InChI is InChI=1S/C15H18N4O2S/c1-15(2,3)17-14-19-18-11(8-22-14)9-4-5-12-10(6-9)16-13(20)7-21-12/h4-6H,7-8H2,1-3H3,(H,16,20)(H,17,19). The highest BCUT2D eigenvalue weighted by molar-refractivity contribution is 8.14. The number of aliphatic imine (C=N–C) groups is 1. The van der Waals surface area contributed by atoms with E-state index < -0.39 is 0 Å². The monoisotopic (exact) mass is 318 g/mol. The fourth-order valence-corrected chi connectivity index (χ4v) is 3.04. The third kappa shape index (κ3) is 3.41. The second-order valence-electron chi connectivity index (χ2n) is 6.09. The summed E-state index contributed by atoms with van der Waals surface area (Å²) in [5.41, 5.74) is 5.43. The molecule has 0 saturated heterocycles. The maximum Gasteiger partial charge on any atom is 0.262 e. The number of amides is 1. The SMILES string of the molecule is CC(C)(C)N=C1NN=C(c2ccc3c(c2)NC(=O)CO3)CS1. The zero-order valence-electron chi connectivity index (χ0n) is 12.8. The zero-order chi connectivity index (χ0) is 15.7. The van der Waals surface area contributed by atoms with Crippen LogP contribution in [-0.4, -0.2) is 34.7 Å². The van der Waals surface area contributed by atoms with E-state index >= 15 is 0 Å². The molecule has 0 radical (unpaired) electrons. The van der Waals surface area contributed by atoms with Crippen molar-refractivity contribution in [3.63, 3.8) is 0 Å². The summed E-state index contributed by atoms with van der Waals surface area (Å²) in [5, 5.41) is 8.03. The first-order valence-corrected chi connectivity index (χ1v) is 8.01. The number of amidine groups is 1. The number of rotatable bonds is 1. The van der Waals surface area contributed by atoms with E-state index in [9.17, 15) is 4.79 Å². The van der Waals surface area contributed by atoms with Gasteiger partial charge >= 0.3 is 0 Å². The number of anilines is 1. The first-order chi connectivity index (χ1) is 10.4. The number of nitrogens with zero attached hydrogens (tertiary/aromatic N) is 2. The summed E-state index contributed by atoms with van der Waals surface area (Å²) in [5.74, 6) is 1.29. The summed E-state index contributed by atoms with van der Waals surface area (Å²) in [7, 11) is 0. The highest BCUT2D eigenvalue weighted by Crippen LogP contribution is 2.29. The van der Waals surface area contributed by atoms with Crippen LogP contribution < -0.4 is 15.5 Å². The van der Waals surface area contributed by atoms with Crippen LogP contribution in [0.1, 0.15) is 26.3 Å². The van der Waals surface area contributed by atoms with Crippen LogP contribution in [0.5, 0.6) is 5.75 Å². The van der Waals surface area contributed by atoms with Gasteiger partial charge in [-0.3, -0.25) is 15.2 Å². The fourth-order valence-electron chi connectivity index (χ4n) is 2.09. The number of fused-ring (bicyclic) bond motifs is 1. The van der Waals surface area contributed by atoms with E-state index in [1.54, 1.807) is 11.8 Å². The molecule has 0 spiro atoms. The van der Waals surface area contributed by atoms with E-state index in [1.165, 1.54) is 0 Å². The largest absolute Gasteiger partial charge is 0.482 e. The van der Waals surface area contributed by atoms with Crippen LogP contribution in [0.2, 0.25) is 0 Å². The Balaban J connectivity index is 1.80. The molecule has 2 aliphatic rings. The van der Waals surface area contributed by atoms with Crippen LogP contribution >= 0.6 is 11.8 Å². The molecule has 2 heterocycles. The molecule has 0 unspecified atom stereocenters. The van der Waals surface area contributed by atoms with Gasteiger partial charge in [0, 0.05) is 11.3 Å². The van der Waals surface area contributed by atoms with Gasteiger partial charge in [-0.05, 0) is 39.0 Å². The predicted molar refractivity (Wildman–Crippen MR) is 89.9 cm³/mol. The normalized spacial score (nSPS) is 19.7. The molecule has 2 N–H and O–H groups in total. The van der Waals surface area contributed by atoms with E-state index in [1.807, 2.05) is 39.0 Å². The fraction of sp³-hybridized carbons (Fsp3) is 0.400. The summed E-state index contributed by atoms with van der Waals surface area (Å²) < 4.78 is 5.36. The molecule has 3 rings (SSSR count). The molecule has 22 heavy (non-hydrogen) atoms. The molecule has 0 bridgehead atoms. The Labute approximate surface area is 133 Å². The van der Waals surface area contributed by atoms with Gasteiger partial charge in [-0.15, -0.1) is 0 Å². The molecular formula is C15H18N4O2S. The van der Waals surface area contributed by atoms with Gasteiger partial charge in [-0.1, -0.05) is 11.8 Å². The lowest BCUT2D eigenvalue weighted by Crippen LogP contribution is -2.29. The first-order valence-electron chi connectivity index (χ1n) is 7.03. The van der Waals surface area contributed by atoms with Crippen molar-refractivity contribution in [1.82, 2.24) is 5.43 Å². The molecule has 1 amide bonds. The van der Waals surface area contributed by atoms with Gasteiger partial charge < -0.3 is 10.1 Å². The number of hydrogen-bond donors (Lipinski definition) is 2. The predicted octanol–water partition coefficient (Wildman–Crippen LogP) is 2.21. The van der Waals surface area contributed by atoms with Gasteiger partial charge in [0.05, 0.1) is 16.9 Å². The van der Waals surface area contributed by atoms with Crippen LogP contribution in [0.4, 0.5) is 5.69 Å². The van der Waals surface area contributed by atoms with E-state index in [4.69, 9.17) is 4.74 Å². The van der Waals surface area contributed by atoms with Gasteiger partial charge in [0.25, 0.3) is 5.91 Å². The summed E-state index contributed by atoms with van der Waals surface area (Å²) in [6.45, 7) is 6.21. The van der Waals surface area contributed by atoms with Gasteiger partial charge in [0.1, 0.15) is 5.75 Å². The highest BCUT2D eigenvalue weighted by Gasteiger charge is 2.20. The Morgan fingerprint density at radius 1 is 1.36 bits per heavy atom. The molecule has 7 heteroatoms. The number of carbonyl (C=O) groups is 1. The lowest BCUT2D eigenvalue weighted by Gasteiger charge is -2.21. The lowest BCUT2D eigenvalue weighted by atomic mass is 10.1. The Kier molecular flexibility index (Phi) is 3.82. The molecule has 0 fully saturated rings. The Hall–Kier alpha value is -2.02. The summed E-state index contributed by atoms with van der Waals surface area (Å²) in [4.78, 5) is 16.0. The summed E-state index contributed by atoms with van der Waals surface area (Å²) in [6, 6.07) is 5.69. The van der Waals surface area contributed by atoms with E-state index in [-0.39, 0.29) is 18.1 Å². The van der Waals surface area contributed by atoms with Crippen molar-refractivity contribution in [2.24, 2.45) is 10.1 Å². The third-order valence-corrected chi connectivity index (χ3v) is 3.89. The topological polar surface area (TPSA) is 75.1 Å². The van der Waals surface area contributed by atoms with E-state index in [2.05, 4.69) is 20.8 Å². The van der Waals surface area contributed by atoms with Gasteiger partial charge in [0.2, 0.25) is 0 Å². The first kappa shape index (κ1) is 14.9. The zero-order valence-corrected chi connectivity index (χ0v) is 13.6. The molecule has 0 aromatic heterocycles. The van der Waals surface area contributed by atoms with Gasteiger partial charge in [0.15, 0.2) is 11.8 Å². The van der Waals surface area contributed by atoms with Gasteiger partial charge in [-0.25, -0.2) is 0 Å². The van der Waals surface area contributed by atoms with Crippen molar-refractivity contribution >= 4 is 34.2 Å². The highest BCUT2D eigenvalue weighted by atomic mass is 32.2. The molecule has 116 valence electrons. The number of carbonyl (C=O) groups excluding carboxylic acids is 1. The minimum Gasteiger partial charge on any atom is -0.482 e. The maximum absolute atomic E-state index is 11.4. The molecule has 0 saturated carbocycles. The van der Waals surface area contributed by atoms with E-state index in [0.717, 1.165) is 22.2 Å². The molecule has 1 aromatic carbocycles. The average Bonchev–Trinajstić information content (AvgIpc) is 2.45. The van der Waals surface area contributed by atoms with Gasteiger partial charge in [-0.2, -0.15) is 5.10 Å². The van der Waals surface area contributed by atoms with Crippen LogP contribution in [0.3, 0.4) is 0 Å². The maximum atomic E-state index is 11.4. The second-order valence-corrected chi connectivity index (χ2v) is 7.06. The summed E-state index contributed by atoms with van der Waals surface area (Å²) >= 11 is 1.62. The Morgan fingerprint density at radius 2 is 2.18 bits per heavy atom. The quantitative estimate of drug-likeness (QED) is 0.832. The van der Waals surface area contributed by atoms with Crippen molar-refractivity contribution in [2.45, 2.75) is 26.3 Å². The lowest BCUT2D eigenvalue weighted by molar-refractivity contribution is -0.118. The van der Waals surface area contributed by atoms with Crippen LogP contribution in [0.15, 0.2) is 28.3 Å². The van der Waals surface area contributed by atoms with Crippen molar-refractivity contribution in [3.05, 3.63) is 23.8 Å². The number of hydrazone groups is 1. The molecular weight excluding hydrogens is 300 g/mol. The van der Waals surface area contributed by atoms with Crippen LogP contribution in [0.25, 0.3) is 0 Å². The molecule has 0 atom stereocenters. The Morgan fingerprint density at radius 3 is 2.86 bits per heavy atom. The minimum atomic E-state index is -0.137. The minimum absolute atomic E-state index is 0.0668. The molecule has 0 aliphatic carbocycles.